The molecule has 0 aliphatic heterocycles. The second-order valence-corrected chi connectivity index (χ2v) is 8.87. The molecule has 8 heteroatoms. The first kappa shape index (κ1) is 18.3. The Hall–Kier alpha value is -3.10. The molecular weight excluding hydrogens is 396 g/mol. The largest absolute Gasteiger partial charge is 0.421 e. The first-order valence-electron chi connectivity index (χ1n) is 8.44. The molecule has 0 aliphatic carbocycles. The van der Waals surface area contributed by atoms with Gasteiger partial charge in [0.2, 0.25) is 0 Å². The molecule has 0 amide bonds. The number of sulfonamides is 1. The van der Waals surface area contributed by atoms with E-state index in [-0.39, 0.29) is 9.90 Å². The van der Waals surface area contributed by atoms with E-state index in [4.69, 9.17) is 4.42 Å². The Morgan fingerprint density at radius 1 is 0.893 bits per heavy atom. The van der Waals surface area contributed by atoms with Crippen LogP contribution in [0.1, 0.15) is 5.56 Å². The number of thiophene rings is 1. The van der Waals surface area contributed by atoms with Gasteiger partial charge in [0.05, 0.1) is 5.69 Å². The molecule has 2 aromatic carbocycles. The lowest BCUT2D eigenvalue weighted by Crippen LogP contribution is -2.20. The Bertz CT molecular complexity index is 1260. The zero-order valence-electron chi connectivity index (χ0n) is 14.6. The van der Waals surface area contributed by atoms with Gasteiger partial charge < -0.3 is 9.73 Å². The molecule has 2 aromatic heterocycles. The number of benzene rings is 2. The maximum absolute atomic E-state index is 12.7. The van der Waals surface area contributed by atoms with E-state index < -0.39 is 15.6 Å². The van der Waals surface area contributed by atoms with E-state index in [9.17, 15) is 13.2 Å². The number of hydrogen-bond acceptors (Lipinski definition) is 6. The molecule has 0 atom stereocenters. The lowest BCUT2D eigenvalue weighted by Gasteiger charge is -2.15. The second kappa shape index (κ2) is 7.49. The monoisotopic (exact) mass is 412 g/mol. The first-order valence-corrected chi connectivity index (χ1v) is 10.8. The minimum atomic E-state index is -3.90. The van der Waals surface area contributed by atoms with Crippen LogP contribution in [-0.4, -0.2) is 8.42 Å². The summed E-state index contributed by atoms with van der Waals surface area (Å²) in [6, 6.07) is 19.7. The maximum atomic E-state index is 12.7. The minimum absolute atomic E-state index is 0.120. The molecular formula is C20H16N2O4S2. The van der Waals surface area contributed by atoms with Gasteiger partial charge in [-0.1, -0.05) is 48.5 Å². The van der Waals surface area contributed by atoms with Crippen LogP contribution in [0, 0.1) is 0 Å². The summed E-state index contributed by atoms with van der Waals surface area (Å²) in [7, 11) is -3.90. The van der Waals surface area contributed by atoms with Crippen molar-refractivity contribution in [2.45, 2.75) is 10.8 Å². The summed E-state index contributed by atoms with van der Waals surface area (Å²) in [5, 5.41) is 5.47. The van der Waals surface area contributed by atoms with Crippen molar-refractivity contribution in [2.24, 2.45) is 0 Å². The van der Waals surface area contributed by atoms with Crippen LogP contribution >= 0.6 is 11.3 Å². The van der Waals surface area contributed by atoms with E-state index in [1.54, 1.807) is 35.7 Å². The Morgan fingerprint density at radius 3 is 2.39 bits per heavy atom. The molecule has 0 aliphatic rings. The zero-order valence-corrected chi connectivity index (χ0v) is 16.2. The topological polar surface area (TPSA) is 88.4 Å². The molecule has 4 aromatic rings. The van der Waals surface area contributed by atoms with Gasteiger partial charge in [0.15, 0.2) is 5.69 Å². The normalized spacial score (nSPS) is 11.4. The van der Waals surface area contributed by atoms with Gasteiger partial charge in [-0.25, -0.2) is 13.2 Å². The molecule has 2 heterocycles. The van der Waals surface area contributed by atoms with Gasteiger partial charge in [0.25, 0.3) is 10.0 Å². The number of fused-ring (bicyclic) bond motifs is 1. The van der Waals surface area contributed by atoms with E-state index in [0.717, 1.165) is 16.9 Å². The highest BCUT2D eigenvalue weighted by molar-refractivity contribution is 7.94. The van der Waals surface area contributed by atoms with Gasteiger partial charge >= 0.3 is 5.63 Å². The van der Waals surface area contributed by atoms with Crippen LogP contribution in [0.5, 0.6) is 0 Å². The molecule has 0 saturated carbocycles. The SMILES string of the molecule is O=c1oc2ccccc2c(NCc2ccccc2)c1NS(=O)(=O)c1cccs1. The molecule has 28 heavy (non-hydrogen) atoms. The van der Waals surface area contributed by atoms with Gasteiger partial charge in [-0.05, 0) is 29.1 Å². The average Bonchev–Trinajstić information content (AvgIpc) is 3.24. The average molecular weight is 412 g/mol. The maximum Gasteiger partial charge on any atom is 0.363 e. The quantitative estimate of drug-likeness (QED) is 0.462. The van der Waals surface area contributed by atoms with Crippen molar-refractivity contribution >= 4 is 43.7 Å². The fraction of sp³-hybridized carbons (Fsp3) is 0.0500. The second-order valence-electron chi connectivity index (χ2n) is 6.01. The molecule has 0 saturated heterocycles. The van der Waals surface area contributed by atoms with Gasteiger partial charge in [0, 0.05) is 11.9 Å². The van der Waals surface area contributed by atoms with Gasteiger partial charge in [-0.3, -0.25) is 4.72 Å². The van der Waals surface area contributed by atoms with Crippen molar-refractivity contribution in [3.8, 4) is 0 Å². The highest BCUT2D eigenvalue weighted by Crippen LogP contribution is 2.31. The van der Waals surface area contributed by atoms with E-state index in [2.05, 4.69) is 10.0 Å². The molecule has 142 valence electrons. The fourth-order valence-electron chi connectivity index (χ4n) is 2.81. The summed E-state index contributed by atoms with van der Waals surface area (Å²) >= 11 is 1.07. The van der Waals surface area contributed by atoms with Crippen LogP contribution in [0.3, 0.4) is 0 Å². The van der Waals surface area contributed by atoms with Crippen molar-refractivity contribution in [2.75, 3.05) is 10.0 Å². The predicted molar refractivity (Wildman–Crippen MR) is 111 cm³/mol. The van der Waals surface area contributed by atoms with Gasteiger partial charge in [-0.2, -0.15) is 0 Å². The Balaban J connectivity index is 1.80. The van der Waals surface area contributed by atoms with Crippen LogP contribution in [0.2, 0.25) is 0 Å². The number of para-hydroxylation sites is 1. The fourth-order valence-corrected chi connectivity index (χ4v) is 4.87. The molecule has 0 fully saturated rings. The Labute approximate surface area is 165 Å². The van der Waals surface area contributed by atoms with Crippen molar-refractivity contribution in [1.29, 1.82) is 0 Å². The third-order valence-corrected chi connectivity index (χ3v) is 6.87. The number of nitrogens with one attached hydrogen (secondary N) is 2. The summed E-state index contributed by atoms with van der Waals surface area (Å²) < 4.78 is 33.2. The van der Waals surface area contributed by atoms with Crippen LogP contribution in [0.25, 0.3) is 11.0 Å². The Kier molecular flexibility index (Phi) is 4.89. The van der Waals surface area contributed by atoms with E-state index >= 15 is 0 Å². The van der Waals surface area contributed by atoms with Crippen LogP contribution < -0.4 is 15.7 Å². The molecule has 0 spiro atoms. The number of anilines is 2. The summed E-state index contributed by atoms with van der Waals surface area (Å²) in [6.07, 6.45) is 0. The van der Waals surface area contributed by atoms with Gasteiger partial charge in [0.1, 0.15) is 9.79 Å². The summed E-state index contributed by atoms with van der Waals surface area (Å²) in [6.45, 7) is 0.419. The molecule has 6 nitrogen and oxygen atoms in total. The van der Waals surface area contributed by atoms with Crippen molar-refractivity contribution in [1.82, 2.24) is 0 Å². The van der Waals surface area contributed by atoms with Crippen LogP contribution in [0.15, 0.2) is 85.5 Å². The highest BCUT2D eigenvalue weighted by atomic mass is 32.2. The molecule has 0 bridgehead atoms. The van der Waals surface area contributed by atoms with Gasteiger partial charge in [-0.15, -0.1) is 11.3 Å². The van der Waals surface area contributed by atoms with E-state index in [0.29, 0.717) is 23.2 Å². The van der Waals surface area contributed by atoms with E-state index in [1.807, 2.05) is 30.3 Å². The van der Waals surface area contributed by atoms with Crippen molar-refractivity contribution in [3.63, 3.8) is 0 Å². The first-order chi connectivity index (χ1) is 13.5. The van der Waals surface area contributed by atoms with Crippen LogP contribution in [0.4, 0.5) is 11.4 Å². The summed E-state index contributed by atoms with van der Waals surface area (Å²) in [4.78, 5) is 12.6. The smallest absolute Gasteiger partial charge is 0.363 e. The van der Waals surface area contributed by atoms with Crippen molar-refractivity contribution in [3.05, 3.63) is 88.1 Å². The van der Waals surface area contributed by atoms with Crippen LogP contribution in [-0.2, 0) is 16.6 Å². The Morgan fingerprint density at radius 2 is 1.64 bits per heavy atom. The molecule has 4 rings (SSSR count). The third kappa shape index (κ3) is 3.64. The molecule has 0 radical (unpaired) electrons. The molecule has 0 unspecified atom stereocenters. The van der Waals surface area contributed by atoms with Crippen molar-refractivity contribution < 1.29 is 12.8 Å². The zero-order chi connectivity index (χ0) is 19.6. The molecule has 2 N–H and O–H groups in total. The number of hydrogen-bond donors (Lipinski definition) is 2. The highest BCUT2D eigenvalue weighted by Gasteiger charge is 2.22. The predicted octanol–water partition coefficient (Wildman–Crippen LogP) is 4.27. The standard InChI is InChI=1S/C20H16N2O4S2/c23-20-19(22-28(24,25)17-11-6-12-27-17)18(15-9-4-5-10-16(15)26-20)21-13-14-7-2-1-3-8-14/h1-12,21-22H,13H2. The number of rotatable bonds is 6. The lowest BCUT2D eigenvalue weighted by atomic mass is 10.1. The third-order valence-electron chi connectivity index (χ3n) is 4.12. The minimum Gasteiger partial charge on any atom is -0.421 e. The van der Waals surface area contributed by atoms with E-state index in [1.165, 1.54) is 6.07 Å². The lowest BCUT2D eigenvalue weighted by molar-refractivity contribution is 0.563. The summed E-state index contributed by atoms with van der Waals surface area (Å²) in [5.74, 6) is 0. The summed E-state index contributed by atoms with van der Waals surface area (Å²) in [5.41, 5.74) is 0.863.